The van der Waals surface area contributed by atoms with Crippen LogP contribution in [0, 0.1) is 12.8 Å². The molecular weight excluding hydrogens is 354 g/mol. The summed E-state index contributed by atoms with van der Waals surface area (Å²) in [4.78, 5) is 38.0. The molecule has 1 fully saturated rings. The van der Waals surface area contributed by atoms with Crippen molar-refractivity contribution in [3.8, 4) is 0 Å². The normalized spacial score (nSPS) is 16.1. The minimum Gasteiger partial charge on any atom is -0.355 e. The van der Waals surface area contributed by atoms with Gasteiger partial charge in [0, 0.05) is 38.7 Å². The summed E-state index contributed by atoms with van der Waals surface area (Å²) in [5.41, 5.74) is 3.72. The van der Waals surface area contributed by atoms with E-state index in [0.717, 1.165) is 11.1 Å². The quantitative estimate of drug-likeness (QED) is 0.806. The fourth-order valence-electron chi connectivity index (χ4n) is 3.27. The molecule has 0 bridgehead atoms. The Kier molecular flexibility index (Phi) is 6.09. The minimum atomic E-state index is -0.330. The van der Waals surface area contributed by atoms with E-state index in [1.807, 2.05) is 43.3 Å². The van der Waals surface area contributed by atoms with Gasteiger partial charge >= 0.3 is 0 Å². The predicted octanol–water partition coefficient (Wildman–Crippen LogP) is 2.02. The van der Waals surface area contributed by atoms with Crippen molar-refractivity contribution < 1.29 is 14.4 Å². The third kappa shape index (κ3) is 4.76. The summed E-state index contributed by atoms with van der Waals surface area (Å²) < 4.78 is 0. The van der Waals surface area contributed by atoms with Crippen molar-refractivity contribution >= 4 is 17.7 Å². The van der Waals surface area contributed by atoms with Gasteiger partial charge in [-0.3, -0.25) is 14.4 Å². The zero-order chi connectivity index (χ0) is 20.1. The van der Waals surface area contributed by atoms with E-state index in [4.69, 9.17) is 0 Å². The summed E-state index contributed by atoms with van der Waals surface area (Å²) in [5, 5.41) is 5.47. The third-order valence-corrected chi connectivity index (χ3v) is 4.99. The maximum atomic E-state index is 12.5. The maximum Gasteiger partial charge on any atom is 0.251 e. The summed E-state index contributed by atoms with van der Waals surface area (Å²) in [6, 6.07) is 15.1. The summed E-state index contributed by atoms with van der Waals surface area (Å²) in [5.74, 6) is -0.581. The minimum absolute atomic E-state index is 0.00987. The van der Waals surface area contributed by atoms with Gasteiger partial charge in [-0.1, -0.05) is 42.0 Å². The largest absolute Gasteiger partial charge is 0.355 e. The number of nitrogens with zero attached hydrogens (tertiary/aromatic N) is 1. The number of carbonyl (C=O) groups excluding carboxylic acids is 3. The van der Waals surface area contributed by atoms with Crippen LogP contribution in [-0.2, 0) is 22.7 Å². The van der Waals surface area contributed by atoms with E-state index in [-0.39, 0.29) is 30.1 Å². The van der Waals surface area contributed by atoms with Crippen molar-refractivity contribution in [1.82, 2.24) is 15.5 Å². The summed E-state index contributed by atoms with van der Waals surface area (Å²) in [6.07, 6.45) is 0.243. The van der Waals surface area contributed by atoms with E-state index in [0.29, 0.717) is 25.2 Å². The van der Waals surface area contributed by atoms with Crippen LogP contribution in [0.1, 0.15) is 33.5 Å². The highest BCUT2D eigenvalue weighted by Gasteiger charge is 2.34. The molecular formula is C22H25N3O3. The Morgan fingerprint density at radius 1 is 1.04 bits per heavy atom. The smallest absolute Gasteiger partial charge is 0.251 e. The molecule has 0 spiro atoms. The number of benzene rings is 2. The number of nitrogens with one attached hydrogen (secondary N) is 2. The van der Waals surface area contributed by atoms with Gasteiger partial charge in [0.05, 0.1) is 5.92 Å². The standard InChI is InChI=1S/C22H25N3O3/c1-15-3-5-17(6-4-15)13-25-14-19(11-20(25)26)22(28)24-12-16-7-9-18(10-8-16)21(27)23-2/h3-10,19H,11-14H2,1-2H3,(H,23,27)(H,24,28). The van der Waals surface area contributed by atoms with Gasteiger partial charge in [-0.2, -0.15) is 0 Å². The average Bonchev–Trinajstić information content (AvgIpc) is 3.08. The first-order chi connectivity index (χ1) is 13.5. The van der Waals surface area contributed by atoms with Gasteiger partial charge in [0.15, 0.2) is 0 Å². The van der Waals surface area contributed by atoms with Crippen molar-refractivity contribution in [2.75, 3.05) is 13.6 Å². The van der Waals surface area contributed by atoms with E-state index in [1.54, 1.807) is 24.1 Å². The lowest BCUT2D eigenvalue weighted by molar-refractivity contribution is -0.129. The Hall–Kier alpha value is -3.15. The second-order valence-electron chi connectivity index (χ2n) is 7.15. The van der Waals surface area contributed by atoms with Crippen LogP contribution in [-0.4, -0.2) is 36.2 Å². The first-order valence-corrected chi connectivity index (χ1v) is 9.38. The van der Waals surface area contributed by atoms with Gasteiger partial charge in [-0.05, 0) is 30.2 Å². The second-order valence-corrected chi connectivity index (χ2v) is 7.15. The Labute approximate surface area is 164 Å². The Morgan fingerprint density at radius 3 is 2.32 bits per heavy atom. The molecule has 1 aliphatic heterocycles. The molecule has 6 nitrogen and oxygen atoms in total. The predicted molar refractivity (Wildman–Crippen MR) is 106 cm³/mol. The Bertz CT molecular complexity index is 860. The molecule has 3 rings (SSSR count). The Morgan fingerprint density at radius 2 is 1.68 bits per heavy atom. The highest BCUT2D eigenvalue weighted by molar-refractivity contribution is 5.94. The zero-order valence-corrected chi connectivity index (χ0v) is 16.2. The lowest BCUT2D eigenvalue weighted by Crippen LogP contribution is -2.32. The topological polar surface area (TPSA) is 78.5 Å². The van der Waals surface area contributed by atoms with Crippen LogP contribution < -0.4 is 10.6 Å². The van der Waals surface area contributed by atoms with Gasteiger partial charge < -0.3 is 15.5 Å². The zero-order valence-electron chi connectivity index (χ0n) is 16.2. The number of aryl methyl sites for hydroxylation is 1. The maximum absolute atomic E-state index is 12.5. The lowest BCUT2D eigenvalue weighted by Gasteiger charge is -2.17. The molecule has 28 heavy (non-hydrogen) atoms. The third-order valence-electron chi connectivity index (χ3n) is 4.99. The van der Waals surface area contributed by atoms with Crippen molar-refractivity contribution in [1.29, 1.82) is 0 Å². The number of amides is 3. The number of carbonyl (C=O) groups is 3. The molecule has 0 aliphatic carbocycles. The molecule has 2 N–H and O–H groups in total. The highest BCUT2D eigenvalue weighted by atomic mass is 16.2. The monoisotopic (exact) mass is 379 g/mol. The molecule has 1 atom stereocenters. The van der Waals surface area contributed by atoms with Crippen molar-refractivity contribution in [3.05, 3.63) is 70.8 Å². The van der Waals surface area contributed by atoms with Gasteiger partial charge in [-0.15, -0.1) is 0 Å². The molecule has 146 valence electrons. The summed E-state index contributed by atoms with van der Waals surface area (Å²) in [6.45, 7) is 3.37. The summed E-state index contributed by atoms with van der Waals surface area (Å²) in [7, 11) is 1.58. The van der Waals surface area contributed by atoms with Crippen LogP contribution in [0.2, 0.25) is 0 Å². The molecule has 2 aromatic rings. The van der Waals surface area contributed by atoms with E-state index in [9.17, 15) is 14.4 Å². The van der Waals surface area contributed by atoms with Crippen molar-refractivity contribution in [2.45, 2.75) is 26.4 Å². The molecule has 2 aromatic carbocycles. The Balaban J connectivity index is 1.51. The molecule has 1 saturated heterocycles. The number of likely N-dealkylation sites (tertiary alicyclic amines) is 1. The van der Waals surface area contributed by atoms with Gasteiger partial charge in [-0.25, -0.2) is 0 Å². The fourth-order valence-corrected chi connectivity index (χ4v) is 3.27. The first kappa shape index (κ1) is 19.6. The number of hydrogen-bond donors (Lipinski definition) is 2. The van der Waals surface area contributed by atoms with Gasteiger partial charge in [0.2, 0.25) is 11.8 Å². The molecule has 0 aromatic heterocycles. The molecule has 6 heteroatoms. The molecule has 3 amide bonds. The van der Waals surface area contributed by atoms with E-state index < -0.39 is 0 Å². The van der Waals surface area contributed by atoms with Crippen LogP contribution >= 0.6 is 0 Å². The first-order valence-electron chi connectivity index (χ1n) is 9.38. The van der Waals surface area contributed by atoms with Crippen molar-refractivity contribution in [2.24, 2.45) is 5.92 Å². The van der Waals surface area contributed by atoms with Crippen LogP contribution in [0.5, 0.6) is 0 Å². The number of hydrogen-bond acceptors (Lipinski definition) is 3. The molecule has 1 heterocycles. The molecule has 0 saturated carbocycles. The van der Waals surface area contributed by atoms with Gasteiger partial charge in [0.1, 0.15) is 0 Å². The van der Waals surface area contributed by atoms with Crippen LogP contribution in [0.4, 0.5) is 0 Å². The van der Waals surface area contributed by atoms with E-state index in [1.165, 1.54) is 5.56 Å². The second kappa shape index (κ2) is 8.69. The fraction of sp³-hybridized carbons (Fsp3) is 0.318. The van der Waals surface area contributed by atoms with Crippen LogP contribution in [0.25, 0.3) is 0 Å². The highest BCUT2D eigenvalue weighted by Crippen LogP contribution is 2.21. The van der Waals surface area contributed by atoms with Crippen LogP contribution in [0.15, 0.2) is 48.5 Å². The van der Waals surface area contributed by atoms with E-state index >= 15 is 0 Å². The lowest BCUT2D eigenvalue weighted by atomic mass is 10.1. The molecule has 1 aliphatic rings. The summed E-state index contributed by atoms with van der Waals surface area (Å²) >= 11 is 0. The molecule has 1 unspecified atom stereocenters. The van der Waals surface area contributed by atoms with Crippen LogP contribution in [0.3, 0.4) is 0 Å². The van der Waals surface area contributed by atoms with E-state index in [2.05, 4.69) is 10.6 Å². The SMILES string of the molecule is CNC(=O)c1ccc(CNC(=O)C2CC(=O)N(Cc3ccc(C)cc3)C2)cc1. The van der Waals surface area contributed by atoms with Crippen molar-refractivity contribution in [3.63, 3.8) is 0 Å². The average molecular weight is 379 g/mol. The van der Waals surface area contributed by atoms with Gasteiger partial charge in [0.25, 0.3) is 5.91 Å². The number of rotatable bonds is 6. The molecule has 0 radical (unpaired) electrons.